The van der Waals surface area contributed by atoms with Gasteiger partial charge in [0.1, 0.15) is 0 Å². The van der Waals surface area contributed by atoms with Crippen molar-refractivity contribution in [1.29, 1.82) is 0 Å². The van der Waals surface area contributed by atoms with Crippen molar-refractivity contribution in [2.45, 2.75) is 5.75 Å². The number of nitrogens with zero attached hydrogens (tertiary/aromatic N) is 3. The molecule has 0 amide bonds. The Morgan fingerprint density at radius 1 is 1.44 bits per heavy atom. The maximum atomic E-state index is 5.62. The van der Waals surface area contributed by atoms with Crippen LogP contribution in [0.15, 0.2) is 5.38 Å². The van der Waals surface area contributed by atoms with Crippen molar-refractivity contribution in [2.75, 3.05) is 35.7 Å². The average Bonchev–Trinajstić information content (AvgIpc) is 2.98. The molecule has 2 aromatic rings. The smallest absolute Gasteiger partial charge is 0.184 e. The van der Waals surface area contributed by atoms with Crippen LogP contribution in [-0.4, -0.2) is 33.1 Å². The first-order valence-electron chi connectivity index (χ1n) is 5.31. The van der Waals surface area contributed by atoms with E-state index in [0.717, 1.165) is 40.6 Å². The number of thiazole rings is 1. The molecule has 0 aliphatic rings. The van der Waals surface area contributed by atoms with Gasteiger partial charge in [-0.05, 0) is 0 Å². The Labute approximate surface area is 118 Å². The molecular formula is C9H14N6S3. The van der Waals surface area contributed by atoms with Gasteiger partial charge in [0.05, 0.1) is 17.4 Å². The lowest BCUT2D eigenvalue weighted by Crippen LogP contribution is -2.06. The summed E-state index contributed by atoms with van der Waals surface area (Å²) in [5.74, 6) is 3.06. The lowest BCUT2D eigenvalue weighted by atomic mass is 10.6. The van der Waals surface area contributed by atoms with E-state index in [2.05, 4.69) is 29.7 Å². The molecule has 6 nitrogen and oxygen atoms in total. The average molecular weight is 302 g/mol. The highest BCUT2D eigenvalue weighted by atomic mass is 32.2. The molecule has 18 heavy (non-hydrogen) atoms. The molecule has 0 aromatic carbocycles. The minimum atomic E-state index is 0.475. The van der Waals surface area contributed by atoms with Gasteiger partial charge in [0.15, 0.2) is 16.8 Å². The Hall–Kier alpha value is -1.06. The molecule has 9 heteroatoms. The van der Waals surface area contributed by atoms with Crippen LogP contribution in [0.3, 0.4) is 0 Å². The molecular weight excluding hydrogens is 288 g/mol. The topological polar surface area (TPSA) is 88.8 Å². The van der Waals surface area contributed by atoms with Crippen LogP contribution in [0.25, 0.3) is 0 Å². The van der Waals surface area contributed by atoms with Crippen LogP contribution in [0.2, 0.25) is 0 Å². The number of thioether (sulfide) groups is 1. The molecule has 98 valence electrons. The summed E-state index contributed by atoms with van der Waals surface area (Å²) in [4.78, 5) is 4.42. The van der Waals surface area contributed by atoms with E-state index in [1.165, 1.54) is 0 Å². The fourth-order valence-electron chi connectivity index (χ4n) is 1.22. The summed E-state index contributed by atoms with van der Waals surface area (Å²) in [7, 11) is 1.88. The lowest BCUT2D eigenvalue weighted by Gasteiger charge is -2.02. The van der Waals surface area contributed by atoms with Crippen LogP contribution in [0, 0.1) is 0 Å². The lowest BCUT2D eigenvalue weighted by molar-refractivity contribution is 1.18. The highest BCUT2D eigenvalue weighted by molar-refractivity contribution is 7.98. The fourth-order valence-corrected chi connectivity index (χ4v) is 3.20. The second kappa shape index (κ2) is 6.76. The van der Waals surface area contributed by atoms with Crippen molar-refractivity contribution in [1.82, 2.24) is 13.7 Å². The quantitative estimate of drug-likeness (QED) is 0.674. The Kier molecular flexibility index (Phi) is 5.02. The molecule has 0 bridgehead atoms. The van der Waals surface area contributed by atoms with E-state index < -0.39 is 0 Å². The van der Waals surface area contributed by atoms with Crippen molar-refractivity contribution in [3.05, 3.63) is 11.1 Å². The zero-order valence-electron chi connectivity index (χ0n) is 9.84. The number of nitrogens with two attached hydrogens (primary N) is 1. The standard InChI is InChI=1S/C9H14N6S3/c1-11-9-13-6(5-17-9)4-16-3-2-12-8-7(10)14-18-15-8/h5H,2-4H2,1H3,(H2,10,14)(H,11,13)(H,12,15). The first-order valence-corrected chi connectivity index (χ1v) is 8.08. The summed E-state index contributed by atoms with van der Waals surface area (Å²) in [6.45, 7) is 0.823. The number of hydrogen-bond acceptors (Lipinski definition) is 9. The Morgan fingerprint density at radius 2 is 2.33 bits per heavy atom. The summed E-state index contributed by atoms with van der Waals surface area (Å²) in [5.41, 5.74) is 6.73. The van der Waals surface area contributed by atoms with Crippen molar-refractivity contribution < 1.29 is 0 Å². The van der Waals surface area contributed by atoms with Crippen molar-refractivity contribution in [3.8, 4) is 0 Å². The summed E-state index contributed by atoms with van der Waals surface area (Å²) in [6, 6.07) is 0. The molecule has 0 radical (unpaired) electrons. The van der Waals surface area contributed by atoms with Gasteiger partial charge in [-0.15, -0.1) is 11.3 Å². The number of anilines is 3. The molecule has 4 N–H and O–H groups in total. The second-order valence-corrected chi connectivity index (χ2v) is 5.86. The van der Waals surface area contributed by atoms with Gasteiger partial charge in [0, 0.05) is 30.5 Å². The fraction of sp³-hybridized carbons (Fsp3) is 0.444. The van der Waals surface area contributed by atoms with Crippen LogP contribution in [0.1, 0.15) is 5.69 Å². The van der Waals surface area contributed by atoms with Crippen LogP contribution in [-0.2, 0) is 5.75 Å². The maximum Gasteiger partial charge on any atom is 0.184 e. The van der Waals surface area contributed by atoms with E-state index in [9.17, 15) is 0 Å². The van der Waals surface area contributed by atoms with Crippen molar-refractivity contribution in [2.24, 2.45) is 0 Å². The van der Waals surface area contributed by atoms with Gasteiger partial charge in [0.2, 0.25) is 0 Å². The van der Waals surface area contributed by atoms with Gasteiger partial charge in [-0.3, -0.25) is 0 Å². The van der Waals surface area contributed by atoms with Gasteiger partial charge in [-0.2, -0.15) is 20.5 Å². The molecule has 0 saturated heterocycles. The summed E-state index contributed by atoms with van der Waals surface area (Å²) < 4.78 is 7.95. The largest absolute Gasteiger partial charge is 0.380 e. The van der Waals surface area contributed by atoms with E-state index in [1.807, 2.05) is 18.8 Å². The summed E-state index contributed by atoms with van der Waals surface area (Å²) in [6.07, 6.45) is 0. The van der Waals surface area contributed by atoms with Crippen LogP contribution < -0.4 is 16.4 Å². The zero-order valence-corrected chi connectivity index (χ0v) is 12.3. The SMILES string of the molecule is CNc1nc(CSCCNc2nsnc2N)cs1. The molecule has 0 fully saturated rings. The third-order valence-electron chi connectivity index (χ3n) is 2.07. The number of nitrogen functional groups attached to an aromatic ring is 1. The van der Waals surface area contributed by atoms with Crippen LogP contribution in [0.5, 0.6) is 0 Å². The summed E-state index contributed by atoms with van der Waals surface area (Å²) >= 11 is 4.58. The number of nitrogens with one attached hydrogen (secondary N) is 2. The van der Waals surface area contributed by atoms with E-state index in [1.54, 1.807) is 11.3 Å². The molecule has 2 aromatic heterocycles. The first-order chi connectivity index (χ1) is 8.79. The predicted octanol–water partition coefficient (Wildman–Crippen LogP) is 1.96. The van der Waals surface area contributed by atoms with Crippen molar-refractivity contribution in [3.63, 3.8) is 0 Å². The highest BCUT2D eigenvalue weighted by Crippen LogP contribution is 2.19. The number of rotatable bonds is 7. The second-order valence-electron chi connectivity index (χ2n) is 3.37. The predicted molar refractivity (Wildman–Crippen MR) is 80.6 cm³/mol. The molecule has 0 spiro atoms. The third-order valence-corrected chi connectivity index (χ3v) is 4.51. The minimum Gasteiger partial charge on any atom is -0.380 e. The van der Waals surface area contributed by atoms with E-state index in [4.69, 9.17) is 5.73 Å². The van der Waals surface area contributed by atoms with Gasteiger partial charge >= 0.3 is 0 Å². The van der Waals surface area contributed by atoms with Gasteiger partial charge in [-0.1, -0.05) is 0 Å². The first kappa shape index (κ1) is 13.4. The normalized spacial score (nSPS) is 10.5. The van der Waals surface area contributed by atoms with Gasteiger partial charge < -0.3 is 16.4 Å². The molecule has 0 unspecified atom stereocenters. The third kappa shape index (κ3) is 3.72. The van der Waals surface area contributed by atoms with Crippen LogP contribution in [0.4, 0.5) is 16.8 Å². The Balaban J connectivity index is 1.63. The molecule has 0 atom stereocenters. The van der Waals surface area contributed by atoms with Gasteiger partial charge in [0.25, 0.3) is 0 Å². The van der Waals surface area contributed by atoms with E-state index in [-0.39, 0.29) is 0 Å². The molecule has 2 rings (SSSR count). The monoisotopic (exact) mass is 302 g/mol. The molecule has 0 saturated carbocycles. The van der Waals surface area contributed by atoms with Gasteiger partial charge in [-0.25, -0.2) is 4.98 Å². The van der Waals surface area contributed by atoms with E-state index >= 15 is 0 Å². The maximum absolute atomic E-state index is 5.62. The minimum absolute atomic E-state index is 0.475. The van der Waals surface area contributed by atoms with Crippen molar-refractivity contribution >= 4 is 51.6 Å². The molecule has 2 heterocycles. The highest BCUT2D eigenvalue weighted by Gasteiger charge is 2.03. The Morgan fingerprint density at radius 3 is 3.00 bits per heavy atom. The van der Waals surface area contributed by atoms with Crippen LogP contribution >= 0.6 is 34.8 Å². The zero-order chi connectivity index (χ0) is 12.8. The molecule has 0 aliphatic heterocycles. The Bertz CT molecular complexity index is 482. The summed E-state index contributed by atoms with van der Waals surface area (Å²) in [5, 5.41) is 9.23. The van der Waals surface area contributed by atoms with E-state index in [0.29, 0.717) is 11.6 Å². The molecule has 0 aliphatic carbocycles. The number of hydrogen-bond donors (Lipinski definition) is 3. The number of aromatic nitrogens is 3.